The van der Waals surface area contributed by atoms with Crippen molar-refractivity contribution < 1.29 is 4.52 Å². The maximum Gasteiger partial charge on any atom is 0.249 e. The highest BCUT2D eigenvalue weighted by atomic mass is 32.1. The standard InChI is InChI=1S/C13H10N4OS/c1-2-4-9-8(3-1)5-10(15-9)13-16-12(17-18-13)11-6-14-7-19-11/h1-4,6-7,10,15H,5H2/t10-/m0/s1. The number of benzene rings is 1. The first kappa shape index (κ1) is 10.7. The van der Waals surface area contributed by atoms with Gasteiger partial charge in [-0.1, -0.05) is 23.4 Å². The molecule has 0 bridgehead atoms. The zero-order chi connectivity index (χ0) is 12.7. The monoisotopic (exact) mass is 270 g/mol. The normalized spacial score (nSPS) is 17.2. The van der Waals surface area contributed by atoms with E-state index in [1.165, 1.54) is 16.9 Å². The highest BCUT2D eigenvalue weighted by molar-refractivity contribution is 7.13. The lowest BCUT2D eigenvalue weighted by Gasteiger charge is -2.04. The number of nitrogens with one attached hydrogen (secondary N) is 1. The van der Waals surface area contributed by atoms with E-state index in [1.807, 2.05) is 12.1 Å². The van der Waals surface area contributed by atoms with E-state index in [1.54, 1.807) is 11.7 Å². The van der Waals surface area contributed by atoms with Crippen LogP contribution in [0.25, 0.3) is 10.7 Å². The number of hydrogen-bond donors (Lipinski definition) is 1. The highest BCUT2D eigenvalue weighted by Crippen LogP contribution is 2.33. The number of anilines is 1. The Morgan fingerprint density at radius 1 is 1.32 bits per heavy atom. The average Bonchev–Trinajstić information content (AvgIpc) is 3.17. The van der Waals surface area contributed by atoms with Crippen molar-refractivity contribution in [3.8, 4) is 10.7 Å². The first-order valence-electron chi connectivity index (χ1n) is 5.97. The molecule has 4 rings (SSSR count). The molecule has 0 saturated carbocycles. The summed E-state index contributed by atoms with van der Waals surface area (Å²) in [6, 6.07) is 8.30. The second-order valence-electron chi connectivity index (χ2n) is 4.38. The van der Waals surface area contributed by atoms with E-state index < -0.39 is 0 Å². The van der Waals surface area contributed by atoms with Crippen LogP contribution < -0.4 is 5.32 Å². The Labute approximate surface area is 113 Å². The third-order valence-electron chi connectivity index (χ3n) is 3.16. The van der Waals surface area contributed by atoms with E-state index in [4.69, 9.17) is 4.52 Å². The van der Waals surface area contributed by atoms with Gasteiger partial charge in [-0.15, -0.1) is 11.3 Å². The smallest absolute Gasteiger partial charge is 0.249 e. The molecule has 94 valence electrons. The van der Waals surface area contributed by atoms with E-state index in [-0.39, 0.29) is 6.04 Å². The third kappa shape index (κ3) is 1.80. The molecule has 1 aliphatic rings. The highest BCUT2D eigenvalue weighted by Gasteiger charge is 2.26. The van der Waals surface area contributed by atoms with E-state index in [9.17, 15) is 0 Å². The molecule has 1 aliphatic heterocycles. The molecule has 0 unspecified atom stereocenters. The van der Waals surface area contributed by atoms with Crippen LogP contribution in [0.2, 0.25) is 0 Å². The molecule has 0 spiro atoms. The van der Waals surface area contributed by atoms with Gasteiger partial charge in [0.05, 0.1) is 10.4 Å². The quantitative estimate of drug-likeness (QED) is 0.775. The topological polar surface area (TPSA) is 63.8 Å². The average molecular weight is 270 g/mol. The van der Waals surface area contributed by atoms with Crippen LogP contribution in [0.3, 0.4) is 0 Å². The molecular weight excluding hydrogens is 260 g/mol. The van der Waals surface area contributed by atoms with Gasteiger partial charge < -0.3 is 9.84 Å². The molecule has 3 heterocycles. The van der Waals surface area contributed by atoms with Crippen LogP contribution in [0.15, 0.2) is 40.5 Å². The molecule has 19 heavy (non-hydrogen) atoms. The fourth-order valence-corrected chi connectivity index (χ4v) is 2.80. The van der Waals surface area contributed by atoms with Gasteiger partial charge in [0, 0.05) is 18.3 Å². The third-order valence-corrected chi connectivity index (χ3v) is 3.93. The van der Waals surface area contributed by atoms with Gasteiger partial charge in [-0.25, -0.2) is 0 Å². The van der Waals surface area contributed by atoms with Crippen LogP contribution in [0.5, 0.6) is 0 Å². The molecule has 1 aromatic carbocycles. The van der Waals surface area contributed by atoms with Gasteiger partial charge in [0.25, 0.3) is 0 Å². The van der Waals surface area contributed by atoms with E-state index in [0.717, 1.165) is 17.0 Å². The minimum Gasteiger partial charge on any atom is -0.373 e. The molecule has 0 saturated heterocycles. The number of thiazole rings is 1. The Morgan fingerprint density at radius 3 is 3.11 bits per heavy atom. The maximum absolute atomic E-state index is 5.36. The molecule has 1 atom stereocenters. The van der Waals surface area contributed by atoms with Crippen molar-refractivity contribution in [1.29, 1.82) is 0 Å². The first-order chi connectivity index (χ1) is 9.40. The summed E-state index contributed by atoms with van der Waals surface area (Å²) in [7, 11) is 0. The molecular formula is C13H10N4OS. The van der Waals surface area contributed by atoms with Crippen molar-refractivity contribution in [3.63, 3.8) is 0 Å². The van der Waals surface area contributed by atoms with Gasteiger partial charge in [0.1, 0.15) is 6.04 Å². The van der Waals surface area contributed by atoms with Gasteiger partial charge in [-0.2, -0.15) is 4.98 Å². The lowest BCUT2D eigenvalue weighted by atomic mass is 10.1. The van der Waals surface area contributed by atoms with Crippen LogP contribution in [0.4, 0.5) is 5.69 Å². The summed E-state index contributed by atoms with van der Waals surface area (Å²) >= 11 is 1.50. The van der Waals surface area contributed by atoms with Gasteiger partial charge in [0.2, 0.25) is 11.7 Å². The summed E-state index contributed by atoms with van der Waals surface area (Å²) in [5.74, 6) is 1.23. The molecule has 0 amide bonds. The summed E-state index contributed by atoms with van der Waals surface area (Å²) in [5.41, 5.74) is 4.18. The van der Waals surface area contributed by atoms with Crippen molar-refractivity contribution in [2.24, 2.45) is 0 Å². The molecule has 6 heteroatoms. The second kappa shape index (κ2) is 4.17. The first-order valence-corrected chi connectivity index (χ1v) is 6.85. The zero-order valence-electron chi connectivity index (χ0n) is 9.91. The van der Waals surface area contributed by atoms with Crippen molar-refractivity contribution in [2.45, 2.75) is 12.5 Å². The minimum absolute atomic E-state index is 0.0616. The fraction of sp³-hybridized carbons (Fsp3) is 0.154. The Balaban J connectivity index is 1.62. The van der Waals surface area contributed by atoms with Crippen LogP contribution in [0, 0.1) is 0 Å². The number of aromatic nitrogens is 3. The van der Waals surface area contributed by atoms with Crippen LogP contribution in [-0.4, -0.2) is 15.1 Å². The van der Waals surface area contributed by atoms with Gasteiger partial charge in [-0.3, -0.25) is 4.98 Å². The van der Waals surface area contributed by atoms with Crippen LogP contribution in [0.1, 0.15) is 17.5 Å². The van der Waals surface area contributed by atoms with Crippen molar-refractivity contribution >= 4 is 17.0 Å². The summed E-state index contributed by atoms with van der Waals surface area (Å²) in [6.45, 7) is 0. The Hall–Kier alpha value is -2.21. The molecule has 2 aromatic heterocycles. The zero-order valence-corrected chi connectivity index (χ0v) is 10.7. The fourth-order valence-electron chi connectivity index (χ4n) is 2.25. The second-order valence-corrected chi connectivity index (χ2v) is 5.27. The van der Waals surface area contributed by atoms with E-state index in [0.29, 0.717) is 11.7 Å². The predicted molar refractivity (Wildman–Crippen MR) is 71.9 cm³/mol. The number of hydrogen-bond acceptors (Lipinski definition) is 6. The summed E-state index contributed by atoms with van der Waals surface area (Å²) in [4.78, 5) is 9.39. The maximum atomic E-state index is 5.36. The number of nitrogens with zero attached hydrogens (tertiary/aromatic N) is 3. The number of rotatable bonds is 2. The Kier molecular flexibility index (Phi) is 2.34. The van der Waals surface area contributed by atoms with E-state index in [2.05, 4.69) is 32.6 Å². The van der Waals surface area contributed by atoms with Crippen molar-refractivity contribution in [3.05, 3.63) is 47.4 Å². The Morgan fingerprint density at radius 2 is 2.26 bits per heavy atom. The summed E-state index contributed by atoms with van der Waals surface area (Å²) < 4.78 is 5.36. The van der Waals surface area contributed by atoms with Gasteiger partial charge in [-0.05, 0) is 11.6 Å². The minimum atomic E-state index is 0.0616. The SMILES string of the molecule is c1ccc2c(c1)C[C@@H](c1nc(-c3cncs3)no1)N2. The summed E-state index contributed by atoms with van der Waals surface area (Å²) in [6.07, 6.45) is 2.62. The van der Waals surface area contributed by atoms with E-state index >= 15 is 0 Å². The van der Waals surface area contributed by atoms with Gasteiger partial charge in [0.15, 0.2) is 0 Å². The number of fused-ring (bicyclic) bond motifs is 1. The molecule has 0 radical (unpaired) electrons. The number of para-hydroxylation sites is 1. The van der Waals surface area contributed by atoms with Crippen LogP contribution >= 0.6 is 11.3 Å². The lowest BCUT2D eigenvalue weighted by molar-refractivity contribution is 0.364. The molecule has 1 N–H and O–H groups in total. The summed E-state index contributed by atoms with van der Waals surface area (Å²) in [5, 5.41) is 7.41. The molecule has 0 fully saturated rings. The largest absolute Gasteiger partial charge is 0.373 e. The van der Waals surface area contributed by atoms with Crippen molar-refractivity contribution in [1.82, 2.24) is 15.1 Å². The van der Waals surface area contributed by atoms with Crippen molar-refractivity contribution in [2.75, 3.05) is 5.32 Å². The Bertz CT molecular complexity index is 682. The molecule has 0 aliphatic carbocycles. The molecule has 3 aromatic rings. The predicted octanol–water partition coefficient (Wildman–Crippen LogP) is 2.90. The lowest BCUT2D eigenvalue weighted by Crippen LogP contribution is -2.05. The van der Waals surface area contributed by atoms with Gasteiger partial charge >= 0.3 is 0 Å². The van der Waals surface area contributed by atoms with Crippen LogP contribution in [-0.2, 0) is 6.42 Å². The molecule has 5 nitrogen and oxygen atoms in total.